The number of nitrogens with one attached hydrogen (secondary N) is 1. The number of fused-ring (bicyclic) bond motifs is 1. The quantitative estimate of drug-likeness (QED) is 0.369. The summed E-state index contributed by atoms with van der Waals surface area (Å²) in [5.41, 5.74) is 3.00. The van der Waals surface area contributed by atoms with E-state index in [1.807, 2.05) is 17.2 Å². The van der Waals surface area contributed by atoms with E-state index < -0.39 is 0 Å². The Morgan fingerprint density at radius 3 is 2.51 bits per heavy atom. The number of hydrogen-bond donors (Lipinski definition) is 2. The number of nitrogens with zero attached hydrogens (tertiary/aromatic N) is 2. The van der Waals surface area contributed by atoms with E-state index in [-0.39, 0.29) is 24.4 Å². The number of likely N-dealkylation sites (tertiary alicyclic amines) is 2. The van der Waals surface area contributed by atoms with Gasteiger partial charge >= 0.3 is 0 Å². The first-order chi connectivity index (χ1) is 17.9. The molecule has 2 aliphatic rings. The molecule has 0 spiro atoms. The molecule has 0 aliphatic carbocycles. The molecule has 2 N–H and O–H groups in total. The maximum Gasteiger partial charge on any atom is 0.246 e. The Morgan fingerprint density at radius 2 is 1.81 bits per heavy atom. The molecule has 8 heteroatoms. The summed E-state index contributed by atoms with van der Waals surface area (Å²) >= 11 is 12.0. The summed E-state index contributed by atoms with van der Waals surface area (Å²) in [5.74, 6) is 0.515. The molecule has 1 aromatic heterocycles. The molecule has 3 aromatic rings. The van der Waals surface area contributed by atoms with Crippen molar-refractivity contribution >= 4 is 46.1 Å². The minimum atomic E-state index is -0.208. The third-order valence-electron chi connectivity index (χ3n) is 8.06. The number of hydrogen-bond acceptors (Lipinski definition) is 3. The van der Waals surface area contributed by atoms with Crippen molar-refractivity contribution in [1.82, 2.24) is 14.8 Å². The monoisotopic (exact) mass is 543 g/mol. The van der Waals surface area contributed by atoms with Crippen LogP contribution >= 0.6 is 23.2 Å². The van der Waals surface area contributed by atoms with Gasteiger partial charge in [0.25, 0.3) is 0 Å². The van der Waals surface area contributed by atoms with Gasteiger partial charge in [0, 0.05) is 42.3 Å². The normalized spacial score (nSPS) is 19.2. The minimum Gasteiger partial charge on any atom is -0.395 e. The average molecular weight is 544 g/mol. The molecule has 1 unspecified atom stereocenters. The third kappa shape index (κ3) is 5.88. The number of rotatable bonds is 6. The van der Waals surface area contributed by atoms with Gasteiger partial charge in [-0.25, -0.2) is 4.39 Å². The molecular formula is C29H32Cl2FN3O2. The summed E-state index contributed by atoms with van der Waals surface area (Å²) in [4.78, 5) is 20.3. The standard InChI is InChI=1S/C29H32Cl2FN3O2/c30-25-4-1-19(15-26(25)31)2-6-29(37)35-13-9-21(10-14-35)28(18-36)34-11-7-20(8-12-34)24-17-33-27-5-3-22(32)16-23(24)27/h1-6,15-17,20-21,28,33,36H,7-14,18H2. The van der Waals surface area contributed by atoms with Crippen molar-refractivity contribution in [3.05, 3.63) is 75.7 Å². The lowest BCUT2D eigenvalue weighted by Crippen LogP contribution is -2.50. The first-order valence-electron chi connectivity index (χ1n) is 13.0. The van der Waals surface area contributed by atoms with E-state index in [1.54, 1.807) is 36.4 Å². The van der Waals surface area contributed by atoms with Crippen molar-refractivity contribution in [1.29, 1.82) is 0 Å². The molecule has 1 atom stereocenters. The molecule has 0 radical (unpaired) electrons. The molecular weight excluding hydrogens is 512 g/mol. The highest BCUT2D eigenvalue weighted by Crippen LogP contribution is 2.35. The molecule has 196 valence electrons. The van der Waals surface area contributed by atoms with Gasteiger partial charge in [0.05, 0.1) is 16.7 Å². The van der Waals surface area contributed by atoms with Crippen LogP contribution in [-0.2, 0) is 4.79 Å². The molecule has 0 saturated carbocycles. The highest BCUT2D eigenvalue weighted by molar-refractivity contribution is 6.42. The smallest absolute Gasteiger partial charge is 0.246 e. The zero-order valence-electron chi connectivity index (χ0n) is 20.7. The Balaban J connectivity index is 1.14. The third-order valence-corrected chi connectivity index (χ3v) is 8.80. The van der Waals surface area contributed by atoms with Gasteiger partial charge in [-0.05, 0) is 98.1 Å². The fourth-order valence-corrected chi connectivity index (χ4v) is 6.26. The Bertz CT molecular complexity index is 1280. The van der Waals surface area contributed by atoms with Crippen molar-refractivity contribution in [3.8, 4) is 0 Å². The van der Waals surface area contributed by atoms with E-state index in [4.69, 9.17) is 23.2 Å². The number of benzene rings is 2. The highest BCUT2D eigenvalue weighted by Gasteiger charge is 2.34. The predicted molar refractivity (Wildman–Crippen MR) is 147 cm³/mol. The van der Waals surface area contributed by atoms with Crippen LogP contribution in [0.1, 0.15) is 42.7 Å². The molecule has 2 aromatic carbocycles. The summed E-state index contributed by atoms with van der Waals surface area (Å²) in [5, 5.41) is 12.2. The van der Waals surface area contributed by atoms with Crippen LogP contribution in [0.15, 0.2) is 48.7 Å². The van der Waals surface area contributed by atoms with Gasteiger partial charge in [-0.3, -0.25) is 9.69 Å². The van der Waals surface area contributed by atoms with Gasteiger partial charge in [-0.1, -0.05) is 29.3 Å². The van der Waals surface area contributed by atoms with Gasteiger partial charge in [-0.15, -0.1) is 0 Å². The second-order valence-electron chi connectivity index (χ2n) is 10.2. The SMILES string of the molecule is O=C(C=Cc1ccc(Cl)c(Cl)c1)N1CCC(C(CO)N2CCC(c3c[nH]c4ccc(F)cc34)CC2)CC1. The summed E-state index contributed by atoms with van der Waals surface area (Å²) in [6, 6.07) is 10.3. The Kier molecular flexibility index (Phi) is 8.20. The average Bonchev–Trinajstić information content (AvgIpc) is 3.33. The number of carbonyl (C=O) groups excluding carboxylic acids is 1. The largest absolute Gasteiger partial charge is 0.395 e. The number of piperidine rings is 2. The summed E-state index contributed by atoms with van der Waals surface area (Å²) < 4.78 is 13.8. The number of aromatic nitrogens is 1. The number of carbonyl (C=O) groups is 1. The summed E-state index contributed by atoms with van der Waals surface area (Å²) in [6.45, 7) is 3.30. The number of aliphatic hydroxyl groups excluding tert-OH is 1. The zero-order valence-corrected chi connectivity index (χ0v) is 22.2. The lowest BCUT2D eigenvalue weighted by Gasteiger charge is -2.43. The minimum absolute atomic E-state index is 0.0129. The first kappa shape index (κ1) is 26.2. The molecule has 2 aliphatic heterocycles. The van der Waals surface area contributed by atoms with Crippen LogP contribution < -0.4 is 0 Å². The van der Waals surface area contributed by atoms with Crippen LogP contribution in [0.25, 0.3) is 17.0 Å². The number of halogens is 3. The van der Waals surface area contributed by atoms with Crippen molar-refractivity contribution < 1.29 is 14.3 Å². The predicted octanol–water partition coefficient (Wildman–Crippen LogP) is 6.11. The first-order valence-corrected chi connectivity index (χ1v) is 13.7. The summed E-state index contributed by atoms with van der Waals surface area (Å²) in [7, 11) is 0. The second-order valence-corrected chi connectivity index (χ2v) is 11.0. The fraction of sp³-hybridized carbons (Fsp3) is 0.414. The van der Waals surface area contributed by atoms with Crippen LogP contribution in [0.2, 0.25) is 10.0 Å². The van der Waals surface area contributed by atoms with E-state index in [0.29, 0.717) is 35.0 Å². The number of aromatic amines is 1. The van der Waals surface area contributed by atoms with Crippen molar-refractivity contribution in [2.75, 3.05) is 32.8 Å². The molecule has 3 heterocycles. The molecule has 2 fully saturated rings. The van der Waals surface area contributed by atoms with Crippen molar-refractivity contribution in [2.45, 2.75) is 37.6 Å². The van der Waals surface area contributed by atoms with Gasteiger partial charge in [0.1, 0.15) is 5.82 Å². The second kappa shape index (κ2) is 11.6. The van der Waals surface area contributed by atoms with E-state index in [1.165, 1.54) is 11.6 Å². The van der Waals surface area contributed by atoms with Gasteiger partial charge in [0.2, 0.25) is 5.91 Å². The molecule has 0 bridgehead atoms. The topological polar surface area (TPSA) is 59.6 Å². The zero-order chi connectivity index (χ0) is 25.9. The molecule has 5 rings (SSSR count). The van der Waals surface area contributed by atoms with E-state index in [9.17, 15) is 14.3 Å². The fourth-order valence-electron chi connectivity index (χ4n) is 5.95. The van der Waals surface area contributed by atoms with Crippen LogP contribution in [0.5, 0.6) is 0 Å². The molecule has 5 nitrogen and oxygen atoms in total. The maximum atomic E-state index is 13.8. The Hall–Kier alpha value is -2.38. The lowest BCUT2D eigenvalue weighted by molar-refractivity contribution is -0.127. The van der Waals surface area contributed by atoms with Crippen LogP contribution in [0.4, 0.5) is 4.39 Å². The number of H-pyrrole nitrogens is 1. The van der Waals surface area contributed by atoms with Gasteiger partial charge in [-0.2, -0.15) is 0 Å². The Morgan fingerprint density at radius 1 is 1.05 bits per heavy atom. The van der Waals surface area contributed by atoms with E-state index >= 15 is 0 Å². The highest BCUT2D eigenvalue weighted by atomic mass is 35.5. The van der Waals surface area contributed by atoms with Gasteiger partial charge in [0.15, 0.2) is 0 Å². The number of amides is 1. The van der Waals surface area contributed by atoms with Crippen LogP contribution in [0.3, 0.4) is 0 Å². The number of aliphatic hydroxyl groups is 1. The van der Waals surface area contributed by atoms with Crippen LogP contribution in [0, 0.1) is 11.7 Å². The molecule has 37 heavy (non-hydrogen) atoms. The van der Waals surface area contributed by atoms with Crippen molar-refractivity contribution in [3.63, 3.8) is 0 Å². The Labute approximate surface area is 226 Å². The van der Waals surface area contributed by atoms with E-state index in [0.717, 1.165) is 55.2 Å². The molecule has 1 amide bonds. The van der Waals surface area contributed by atoms with E-state index in [2.05, 4.69) is 9.88 Å². The maximum absolute atomic E-state index is 13.8. The summed E-state index contributed by atoms with van der Waals surface area (Å²) in [6.07, 6.45) is 9.09. The van der Waals surface area contributed by atoms with Gasteiger partial charge < -0.3 is 15.0 Å². The van der Waals surface area contributed by atoms with Crippen molar-refractivity contribution in [2.24, 2.45) is 5.92 Å². The molecule has 2 saturated heterocycles. The lowest BCUT2D eigenvalue weighted by atomic mass is 9.84. The van der Waals surface area contributed by atoms with Crippen LogP contribution in [-0.4, -0.2) is 64.6 Å².